The minimum atomic E-state index is -0.0263. The van der Waals surface area contributed by atoms with Gasteiger partial charge >= 0.3 is 5.97 Å². The summed E-state index contributed by atoms with van der Waals surface area (Å²) < 4.78 is 5.12. The highest BCUT2D eigenvalue weighted by Gasteiger charge is 2.48. The summed E-state index contributed by atoms with van der Waals surface area (Å²) >= 11 is 0. The Morgan fingerprint density at radius 3 is 2.30 bits per heavy atom. The van der Waals surface area contributed by atoms with E-state index < -0.39 is 0 Å². The van der Waals surface area contributed by atoms with Crippen molar-refractivity contribution in [1.29, 1.82) is 0 Å². The zero-order chi connectivity index (χ0) is 14.8. The first-order valence-electron chi connectivity index (χ1n) is 8.24. The van der Waals surface area contributed by atoms with Crippen LogP contribution in [0.2, 0.25) is 0 Å². The SMILES string of the molecule is CCOC(=O)CC1(N(C)CC2CCC(C)(C)CC2)CC1. The summed E-state index contributed by atoms with van der Waals surface area (Å²) in [7, 11) is 2.20. The van der Waals surface area contributed by atoms with E-state index in [0.717, 1.165) is 25.3 Å². The predicted molar refractivity (Wildman–Crippen MR) is 81.6 cm³/mol. The molecule has 0 radical (unpaired) electrons. The van der Waals surface area contributed by atoms with E-state index in [2.05, 4.69) is 25.8 Å². The summed E-state index contributed by atoms with van der Waals surface area (Å²) in [4.78, 5) is 14.2. The van der Waals surface area contributed by atoms with Gasteiger partial charge in [0, 0.05) is 12.1 Å². The summed E-state index contributed by atoms with van der Waals surface area (Å²) in [6.45, 7) is 8.29. The van der Waals surface area contributed by atoms with Crippen LogP contribution in [-0.4, -0.2) is 36.6 Å². The van der Waals surface area contributed by atoms with Crippen molar-refractivity contribution in [2.45, 2.75) is 71.3 Å². The molecule has 20 heavy (non-hydrogen) atoms. The van der Waals surface area contributed by atoms with Crippen LogP contribution in [-0.2, 0) is 9.53 Å². The highest BCUT2D eigenvalue weighted by atomic mass is 16.5. The topological polar surface area (TPSA) is 29.5 Å². The molecule has 3 nitrogen and oxygen atoms in total. The molecule has 0 unspecified atom stereocenters. The fourth-order valence-electron chi connectivity index (χ4n) is 3.54. The van der Waals surface area contributed by atoms with Gasteiger partial charge in [0.15, 0.2) is 0 Å². The van der Waals surface area contributed by atoms with Gasteiger partial charge < -0.3 is 4.74 Å². The normalized spacial score (nSPS) is 24.6. The quantitative estimate of drug-likeness (QED) is 0.696. The maximum Gasteiger partial charge on any atom is 0.307 e. The molecule has 0 bridgehead atoms. The summed E-state index contributed by atoms with van der Waals surface area (Å²) in [5.74, 6) is 0.786. The maximum atomic E-state index is 11.7. The van der Waals surface area contributed by atoms with Crippen LogP contribution in [0.5, 0.6) is 0 Å². The molecular formula is C17H31NO2. The van der Waals surface area contributed by atoms with Crippen LogP contribution in [0.25, 0.3) is 0 Å². The molecule has 0 atom stereocenters. The Kier molecular flexibility index (Phi) is 4.78. The van der Waals surface area contributed by atoms with Crippen molar-refractivity contribution < 1.29 is 9.53 Å². The Morgan fingerprint density at radius 2 is 1.80 bits per heavy atom. The lowest BCUT2D eigenvalue weighted by molar-refractivity contribution is -0.144. The van der Waals surface area contributed by atoms with Crippen LogP contribution in [0, 0.1) is 11.3 Å². The molecule has 0 spiro atoms. The third-order valence-electron chi connectivity index (χ3n) is 5.41. The van der Waals surface area contributed by atoms with Gasteiger partial charge in [0.05, 0.1) is 13.0 Å². The average molecular weight is 281 g/mol. The van der Waals surface area contributed by atoms with E-state index in [4.69, 9.17) is 4.74 Å². The molecule has 0 aliphatic heterocycles. The first-order valence-corrected chi connectivity index (χ1v) is 8.24. The average Bonchev–Trinajstić information content (AvgIpc) is 3.13. The number of rotatable bonds is 6. The standard InChI is InChI=1S/C17H31NO2/c1-5-20-15(19)12-17(10-11-17)18(4)13-14-6-8-16(2,3)9-7-14/h14H,5-13H2,1-4H3. The summed E-state index contributed by atoms with van der Waals surface area (Å²) in [5.41, 5.74) is 0.663. The summed E-state index contributed by atoms with van der Waals surface area (Å²) in [6, 6.07) is 0. The van der Waals surface area contributed by atoms with Crippen molar-refractivity contribution in [1.82, 2.24) is 4.90 Å². The van der Waals surface area contributed by atoms with Gasteiger partial charge in [-0.15, -0.1) is 0 Å². The van der Waals surface area contributed by atoms with Crippen molar-refractivity contribution in [2.24, 2.45) is 11.3 Å². The third kappa shape index (κ3) is 3.97. The predicted octanol–water partition coefficient (Wildman–Crippen LogP) is 3.62. The lowest BCUT2D eigenvalue weighted by Gasteiger charge is -2.38. The molecular weight excluding hydrogens is 250 g/mol. The van der Waals surface area contributed by atoms with Gasteiger partial charge in [-0.25, -0.2) is 0 Å². The summed E-state index contributed by atoms with van der Waals surface area (Å²) in [5, 5.41) is 0. The molecule has 2 rings (SSSR count). The van der Waals surface area contributed by atoms with Crippen LogP contribution >= 0.6 is 0 Å². The van der Waals surface area contributed by atoms with Crippen LogP contribution < -0.4 is 0 Å². The van der Waals surface area contributed by atoms with Crippen molar-refractivity contribution in [2.75, 3.05) is 20.2 Å². The zero-order valence-electron chi connectivity index (χ0n) is 13.7. The van der Waals surface area contributed by atoms with Gasteiger partial charge in [0.2, 0.25) is 0 Å². The number of esters is 1. The van der Waals surface area contributed by atoms with E-state index in [1.54, 1.807) is 0 Å². The fourth-order valence-corrected chi connectivity index (χ4v) is 3.54. The van der Waals surface area contributed by atoms with Crippen molar-refractivity contribution in [3.05, 3.63) is 0 Å². The van der Waals surface area contributed by atoms with E-state index in [9.17, 15) is 4.79 Å². The monoisotopic (exact) mass is 281 g/mol. The smallest absolute Gasteiger partial charge is 0.307 e. The first kappa shape index (κ1) is 15.8. The van der Waals surface area contributed by atoms with Crippen LogP contribution in [0.3, 0.4) is 0 Å². The van der Waals surface area contributed by atoms with Gasteiger partial charge in [-0.1, -0.05) is 13.8 Å². The Hall–Kier alpha value is -0.570. The Balaban J connectivity index is 1.80. The van der Waals surface area contributed by atoms with Gasteiger partial charge in [-0.3, -0.25) is 9.69 Å². The van der Waals surface area contributed by atoms with E-state index in [1.165, 1.54) is 25.7 Å². The second kappa shape index (κ2) is 6.05. The van der Waals surface area contributed by atoms with Gasteiger partial charge in [-0.2, -0.15) is 0 Å². The number of ether oxygens (including phenoxy) is 1. The third-order valence-corrected chi connectivity index (χ3v) is 5.41. The molecule has 2 saturated carbocycles. The zero-order valence-corrected chi connectivity index (χ0v) is 13.7. The molecule has 2 aliphatic rings. The van der Waals surface area contributed by atoms with Crippen LogP contribution in [0.4, 0.5) is 0 Å². The lowest BCUT2D eigenvalue weighted by atomic mass is 9.73. The summed E-state index contributed by atoms with van der Waals surface area (Å²) in [6.07, 6.45) is 8.25. The molecule has 0 aromatic carbocycles. The second-order valence-corrected chi connectivity index (χ2v) is 7.69. The van der Waals surface area contributed by atoms with Crippen molar-refractivity contribution >= 4 is 5.97 Å². The molecule has 0 aromatic heterocycles. The minimum absolute atomic E-state index is 0.0263. The molecule has 0 N–H and O–H groups in total. The highest BCUT2D eigenvalue weighted by Crippen LogP contribution is 2.46. The molecule has 116 valence electrons. The molecule has 2 fully saturated rings. The minimum Gasteiger partial charge on any atom is -0.466 e. The highest BCUT2D eigenvalue weighted by molar-refractivity contribution is 5.71. The van der Waals surface area contributed by atoms with Gasteiger partial charge in [0.1, 0.15) is 0 Å². The molecule has 0 saturated heterocycles. The molecule has 3 heteroatoms. The fraction of sp³-hybridized carbons (Fsp3) is 0.941. The van der Waals surface area contributed by atoms with Gasteiger partial charge in [0.25, 0.3) is 0 Å². The molecule has 0 amide bonds. The maximum absolute atomic E-state index is 11.7. The Labute approximate surface area is 124 Å². The number of carbonyl (C=O) groups is 1. The van der Waals surface area contributed by atoms with Crippen LogP contribution in [0.15, 0.2) is 0 Å². The largest absolute Gasteiger partial charge is 0.466 e. The number of carbonyl (C=O) groups excluding carboxylic acids is 1. The van der Waals surface area contributed by atoms with E-state index in [0.29, 0.717) is 18.4 Å². The second-order valence-electron chi connectivity index (χ2n) is 7.69. The van der Waals surface area contributed by atoms with E-state index in [-0.39, 0.29) is 11.5 Å². The first-order chi connectivity index (χ1) is 9.37. The van der Waals surface area contributed by atoms with Crippen molar-refractivity contribution in [3.8, 4) is 0 Å². The molecule has 2 aliphatic carbocycles. The molecule has 0 aromatic rings. The van der Waals surface area contributed by atoms with Crippen LogP contribution in [0.1, 0.15) is 65.7 Å². The lowest BCUT2D eigenvalue weighted by Crippen LogP contribution is -2.40. The number of nitrogens with zero attached hydrogens (tertiary/aromatic N) is 1. The van der Waals surface area contributed by atoms with Crippen molar-refractivity contribution in [3.63, 3.8) is 0 Å². The van der Waals surface area contributed by atoms with E-state index in [1.807, 2.05) is 6.92 Å². The molecule has 0 heterocycles. The number of hydrogen-bond donors (Lipinski definition) is 0. The van der Waals surface area contributed by atoms with E-state index >= 15 is 0 Å². The van der Waals surface area contributed by atoms with Gasteiger partial charge in [-0.05, 0) is 63.8 Å². The Bertz CT molecular complexity index is 337. The number of hydrogen-bond acceptors (Lipinski definition) is 3. The Morgan fingerprint density at radius 1 is 1.20 bits per heavy atom.